The largest absolute Gasteiger partial charge is 0.508 e. The first-order chi connectivity index (χ1) is 22.7. The molecule has 2 aromatic carbocycles. The maximum Gasteiger partial charge on any atom is 0.326 e. The van der Waals surface area contributed by atoms with Crippen molar-refractivity contribution in [3.8, 4) is 11.5 Å². The van der Waals surface area contributed by atoms with Gasteiger partial charge in [-0.05, 0) is 48.2 Å². The zero-order chi connectivity index (χ0) is 35.8. The van der Waals surface area contributed by atoms with Gasteiger partial charge in [-0.3, -0.25) is 18.6 Å². The van der Waals surface area contributed by atoms with E-state index in [-0.39, 0.29) is 36.5 Å². The monoisotopic (exact) mass is 690 g/mol. The van der Waals surface area contributed by atoms with Crippen LogP contribution in [0.15, 0.2) is 48.5 Å². The fourth-order valence-corrected chi connectivity index (χ4v) is 5.73. The number of aliphatic hydroxyl groups is 1. The molecule has 2 rings (SSSR count). The smallest absolute Gasteiger partial charge is 0.326 e. The van der Waals surface area contributed by atoms with Gasteiger partial charge in [0.2, 0.25) is 11.8 Å². The Hall–Kier alpha value is -4.01. The number of phenolic OH excluding ortho intramolecular Hbond substituents is 2. The van der Waals surface area contributed by atoms with Crippen LogP contribution >= 0.6 is 0 Å². The minimum atomic E-state index is -1.60. The first kappa shape index (κ1) is 40.2. The number of phenols is 2. The van der Waals surface area contributed by atoms with Gasteiger partial charge in [0.05, 0.1) is 0 Å². The number of aliphatic carboxylic acids is 1. The summed E-state index contributed by atoms with van der Waals surface area (Å²) in [6.45, 7) is 2.10. The van der Waals surface area contributed by atoms with Crippen molar-refractivity contribution in [1.82, 2.24) is 15.5 Å². The Bertz CT molecular complexity index is 1360. The SMILES string of the molecule is CCCCCCC[C@@H](N)[C@@H](O)C(=O)N[C@H](Cc1ccc(O)cc1)C(=O)N(C)[C@H](CCS(C)=O)C(=O)N[C@H](Cc1ccc(O)cc1)C(=O)O. The number of nitrogens with two attached hydrogens (primary N) is 1. The van der Waals surface area contributed by atoms with Gasteiger partial charge in [-0.25, -0.2) is 4.79 Å². The molecule has 8 N–H and O–H groups in total. The lowest BCUT2D eigenvalue weighted by atomic mass is 10.00. The second-order valence-corrected chi connectivity index (χ2v) is 13.6. The molecule has 3 amide bonds. The highest BCUT2D eigenvalue weighted by molar-refractivity contribution is 7.84. The summed E-state index contributed by atoms with van der Waals surface area (Å²) >= 11 is 0. The van der Waals surface area contributed by atoms with Gasteiger partial charge < -0.3 is 41.7 Å². The van der Waals surface area contributed by atoms with Crippen LogP contribution in [0.2, 0.25) is 0 Å². The molecule has 0 fully saturated rings. The molecule has 0 radical (unpaired) electrons. The van der Waals surface area contributed by atoms with Crippen LogP contribution in [-0.2, 0) is 42.8 Å². The van der Waals surface area contributed by atoms with Gasteiger partial charge in [0, 0.05) is 48.7 Å². The first-order valence-corrected chi connectivity index (χ1v) is 17.9. The summed E-state index contributed by atoms with van der Waals surface area (Å²) in [6, 6.07) is 6.98. The van der Waals surface area contributed by atoms with Crippen LogP contribution in [0.5, 0.6) is 11.5 Å². The fraction of sp³-hybridized carbons (Fsp3) is 0.529. The predicted octanol–water partition coefficient (Wildman–Crippen LogP) is 1.58. The Morgan fingerprint density at radius 2 is 1.31 bits per heavy atom. The van der Waals surface area contributed by atoms with Crippen LogP contribution in [0.4, 0.5) is 0 Å². The first-order valence-electron chi connectivity index (χ1n) is 16.1. The number of hydrogen-bond acceptors (Lipinski definition) is 9. The highest BCUT2D eigenvalue weighted by atomic mass is 32.2. The Balaban J connectivity index is 2.30. The zero-order valence-corrected chi connectivity index (χ0v) is 28.7. The number of carboxylic acid groups (broad SMARTS) is 1. The molecule has 14 heteroatoms. The normalized spacial score (nSPS) is 14.9. The fourth-order valence-electron chi connectivity index (χ4n) is 5.17. The third-order valence-corrected chi connectivity index (χ3v) is 8.90. The van der Waals surface area contributed by atoms with Crippen molar-refractivity contribution in [1.29, 1.82) is 0 Å². The van der Waals surface area contributed by atoms with Crippen LogP contribution in [-0.4, -0.2) is 103 Å². The van der Waals surface area contributed by atoms with Gasteiger partial charge in [0.1, 0.15) is 35.7 Å². The molecule has 48 heavy (non-hydrogen) atoms. The van der Waals surface area contributed by atoms with E-state index < -0.39 is 64.8 Å². The van der Waals surface area contributed by atoms with Crippen LogP contribution in [0.25, 0.3) is 0 Å². The van der Waals surface area contributed by atoms with E-state index in [0.29, 0.717) is 17.5 Å². The van der Waals surface area contributed by atoms with Crippen LogP contribution in [0.1, 0.15) is 63.0 Å². The van der Waals surface area contributed by atoms with E-state index in [2.05, 4.69) is 17.6 Å². The quantitative estimate of drug-likeness (QED) is 0.0938. The molecule has 2 aromatic rings. The van der Waals surface area contributed by atoms with Crippen molar-refractivity contribution in [3.05, 3.63) is 59.7 Å². The van der Waals surface area contributed by atoms with Gasteiger partial charge >= 0.3 is 5.97 Å². The Morgan fingerprint density at radius 1 is 0.812 bits per heavy atom. The van der Waals surface area contributed by atoms with Crippen molar-refractivity contribution >= 4 is 34.5 Å². The molecule has 0 aliphatic carbocycles. The van der Waals surface area contributed by atoms with E-state index in [1.165, 1.54) is 49.7 Å². The lowest BCUT2D eigenvalue weighted by molar-refractivity contribution is -0.145. The van der Waals surface area contributed by atoms with E-state index >= 15 is 0 Å². The number of nitrogens with zero attached hydrogens (tertiary/aromatic N) is 1. The molecule has 0 heterocycles. The second kappa shape index (κ2) is 20.4. The van der Waals surface area contributed by atoms with Gasteiger partial charge in [-0.2, -0.15) is 0 Å². The van der Waals surface area contributed by atoms with E-state index in [1.807, 2.05) is 0 Å². The summed E-state index contributed by atoms with van der Waals surface area (Å²) in [4.78, 5) is 53.9. The predicted molar refractivity (Wildman–Crippen MR) is 183 cm³/mol. The standard InChI is InChI=1S/C34H50N4O9S/c1-4-5-6-7-8-9-26(35)30(41)32(43)36-27(20-22-10-14-24(39)15-11-22)33(44)38(2)29(18-19-48(3)47)31(42)37-28(34(45)46)21-23-12-16-25(40)17-13-23/h10-17,26-30,39-41H,4-9,18-21,35H2,1-3H3,(H,36,43)(H,37,42)(H,45,46)/t26-,27-,28-,29-,30-,48?/m1/s1. The number of carboxylic acids is 1. The highest BCUT2D eigenvalue weighted by Crippen LogP contribution is 2.16. The summed E-state index contributed by atoms with van der Waals surface area (Å²) in [5.74, 6) is -3.70. The van der Waals surface area contributed by atoms with E-state index in [0.717, 1.165) is 37.0 Å². The van der Waals surface area contributed by atoms with Crippen molar-refractivity contribution < 1.29 is 43.8 Å². The number of rotatable bonds is 21. The van der Waals surface area contributed by atoms with Crippen molar-refractivity contribution in [3.63, 3.8) is 0 Å². The molecule has 266 valence electrons. The molecule has 0 aliphatic heterocycles. The molecule has 13 nitrogen and oxygen atoms in total. The van der Waals surface area contributed by atoms with Gasteiger partial charge in [0.15, 0.2) is 0 Å². The van der Waals surface area contributed by atoms with E-state index in [9.17, 15) is 43.8 Å². The molecule has 0 aliphatic rings. The molecule has 1 unspecified atom stereocenters. The molecule has 0 aromatic heterocycles. The Kier molecular flexibility index (Phi) is 17.1. The topological polar surface area (TPSA) is 220 Å². The van der Waals surface area contributed by atoms with Crippen LogP contribution in [0.3, 0.4) is 0 Å². The average molecular weight is 691 g/mol. The van der Waals surface area contributed by atoms with E-state index in [1.54, 1.807) is 12.1 Å². The molecule has 6 atom stereocenters. The lowest BCUT2D eigenvalue weighted by Crippen LogP contribution is -2.58. The maximum absolute atomic E-state index is 14.0. The molecule has 0 saturated heterocycles. The number of likely N-dealkylation sites (N-methyl/N-ethyl adjacent to an activating group) is 1. The molecule has 0 spiro atoms. The Morgan fingerprint density at radius 3 is 1.81 bits per heavy atom. The number of carbonyl (C=O) groups is 4. The number of unbranched alkanes of at least 4 members (excludes halogenated alkanes) is 4. The molecule has 0 saturated carbocycles. The van der Waals surface area contributed by atoms with Gasteiger partial charge in [-0.15, -0.1) is 0 Å². The molecule has 0 bridgehead atoms. The third-order valence-electron chi connectivity index (χ3n) is 8.09. The number of carbonyl (C=O) groups excluding carboxylic acids is 3. The van der Waals surface area contributed by atoms with Crippen molar-refractivity contribution in [2.24, 2.45) is 5.73 Å². The van der Waals surface area contributed by atoms with Gasteiger partial charge in [0.25, 0.3) is 5.91 Å². The van der Waals surface area contributed by atoms with Crippen molar-refractivity contribution in [2.75, 3.05) is 19.1 Å². The third kappa shape index (κ3) is 13.6. The summed E-state index contributed by atoms with van der Waals surface area (Å²) in [5, 5.41) is 44.9. The lowest BCUT2D eigenvalue weighted by Gasteiger charge is -2.32. The number of nitrogens with one attached hydrogen (secondary N) is 2. The van der Waals surface area contributed by atoms with Crippen LogP contribution < -0.4 is 16.4 Å². The van der Waals surface area contributed by atoms with Gasteiger partial charge in [-0.1, -0.05) is 63.3 Å². The summed E-state index contributed by atoms with van der Waals surface area (Å²) in [6.07, 6.45) is 4.78. The average Bonchev–Trinajstić information content (AvgIpc) is 3.04. The summed E-state index contributed by atoms with van der Waals surface area (Å²) in [7, 11) is -0.0276. The highest BCUT2D eigenvalue weighted by Gasteiger charge is 2.35. The summed E-state index contributed by atoms with van der Waals surface area (Å²) in [5.41, 5.74) is 7.22. The second-order valence-electron chi connectivity index (χ2n) is 12.0. The molecular weight excluding hydrogens is 640 g/mol. The zero-order valence-electron chi connectivity index (χ0n) is 27.8. The van der Waals surface area contributed by atoms with E-state index in [4.69, 9.17) is 5.73 Å². The minimum absolute atomic E-state index is 0.00621. The number of hydrogen-bond donors (Lipinski definition) is 7. The number of amides is 3. The van der Waals surface area contributed by atoms with Crippen molar-refractivity contribution in [2.45, 2.75) is 95.0 Å². The number of aromatic hydroxyl groups is 2. The Labute approximate surface area is 284 Å². The number of aliphatic hydroxyl groups excluding tert-OH is 1. The number of benzene rings is 2. The van der Waals surface area contributed by atoms with Crippen LogP contribution in [0, 0.1) is 0 Å². The molecular formula is C34H50N4O9S. The minimum Gasteiger partial charge on any atom is -0.508 e. The summed E-state index contributed by atoms with van der Waals surface area (Å²) < 4.78 is 12.0. The maximum atomic E-state index is 14.0.